The predicted molar refractivity (Wildman–Crippen MR) is 139 cm³/mol. The molecule has 0 saturated carbocycles. The second-order valence-corrected chi connectivity index (χ2v) is 7.96. The maximum Gasteiger partial charge on any atom is 0.344 e. The molecule has 0 unspecified atom stereocenters. The van der Waals surface area contributed by atoms with Crippen LogP contribution in [0.5, 0.6) is 11.5 Å². The second-order valence-electron chi connectivity index (χ2n) is 7.96. The Balaban J connectivity index is 1.78. The first-order valence-electron chi connectivity index (χ1n) is 11.6. The van der Waals surface area contributed by atoms with Crippen molar-refractivity contribution in [3.8, 4) is 11.5 Å². The lowest BCUT2D eigenvalue weighted by molar-refractivity contribution is -0.145. The Hall–Kier alpha value is -4.66. The Morgan fingerprint density at radius 2 is 1.54 bits per heavy atom. The number of rotatable bonds is 12. The quantitative estimate of drug-likeness (QED) is 0.128. The van der Waals surface area contributed by atoms with Crippen LogP contribution in [0.3, 0.4) is 0 Å². The van der Waals surface area contributed by atoms with E-state index in [1.807, 2.05) is 12.1 Å². The van der Waals surface area contributed by atoms with Gasteiger partial charge >= 0.3 is 5.97 Å². The molecule has 0 aliphatic rings. The number of carbonyl (C=O) groups excluding carboxylic acids is 3. The monoisotopic (exact) mass is 503 g/mol. The van der Waals surface area contributed by atoms with E-state index in [9.17, 15) is 14.4 Å². The molecule has 0 fully saturated rings. The number of benzene rings is 3. The fourth-order valence-corrected chi connectivity index (χ4v) is 3.52. The van der Waals surface area contributed by atoms with Gasteiger partial charge in [-0.05, 0) is 66.6 Å². The smallest absolute Gasteiger partial charge is 0.344 e. The standard InChI is InChI=1S/C28H29N3O6/c1-3-36-26(32)18-37-24-14-10-21(11-15-24)27(33)25(16-19-6-12-23(35-2)13-7-19)31-28(34)22-8-4-20(5-9-22)17-30-29/h4-15,17,25H,3,16,18,29H2,1-2H3,(H,31,34)/t25-/m0/s1. The number of ether oxygens (including phenoxy) is 3. The number of methoxy groups -OCH3 is 1. The molecule has 3 N–H and O–H groups in total. The molecule has 0 aliphatic heterocycles. The molecular weight excluding hydrogens is 474 g/mol. The Morgan fingerprint density at radius 1 is 0.919 bits per heavy atom. The van der Waals surface area contributed by atoms with Gasteiger partial charge in [0, 0.05) is 17.5 Å². The summed E-state index contributed by atoms with van der Waals surface area (Å²) < 4.78 is 15.4. The molecule has 1 atom stereocenters. The van der Waals surface area contributed by atoms with Crippen molar-refractivity contribution in [2.45, 2.75) is 19.4 Å². The predicted octanol–water partition coefficient (Wildman–Crippen LogP) is 3.15. The molecule has 37 heavy (non-hydrogen) atoms. The average molecular weight is 504 g/mol. The van der Waals surface area contributed by atoms with Crippen molar-refractivity contribution in [1.29, 1.82) is 0 Å². The lowest BCUT2D eigenvalue weighted by atomic mass is 9.97. The number of ketones is 1. The van der Waals surface area contributed by atoms with E-state index in [1.54, 1.807) is 74.7 Å². The van der Waals surface area contributed by atoms with Crippen molar-refractivity contribution in [1.82, 2.24) is 5.32 Å². The van der Waals surface area contributed by atoms with Gasteiger partial charge in [0.05, 0.1) is 26.0 Å². The summed E-state index contributed by atoms with van der Waals surface area (Å²) in [7, 11) is 1.58. The third-order valence-electron chi connectivity index (χ3n) is 5.42. The van der Waals surface area contributed by atoms with E-state index >= 15 is 0 Å². The summed E-state index contributed by atoms with van der Waals surface area (Å²) in [6, 6.07) is 19.5. The molecule has 0 spiro atoms. The molecule has 1 amide bonds. The zero-order valence-electron chi connectivity index (χ0n) is 20.7. The number of nitrogens with zero attached hydrogens (tertiary/aromatic N) is 1. The number of nitrogens with one attached hydrogen (secondary N) is 1. The van der Waals surface area contributed by atoms with E-state index < -0.39 is 17.9 Å². The van der Waals surface area contributed by atoms with Gasteiger partial charge in [-0.2, -0.15) is 5.10 Å². The third-order valence-corrected chi connectivity index (χ3v) is 5.42. The van der Waals surface area contributed by atoms with Crippen LogP contribution in [0.15, 0.2) is 77.9 Å². The minimum absolute atomic E-state index is 0.229. The summed E-state index contributed by atoms with van der Waals surface area (Å²) in [5, 5.41) is 6.33. The van der Waals surface area contributed by atoms with Crippen molar-refractivity contribution in [3.05, 3.63) is 95.1 Å². The normalized spacial score (nSPS) is 11.5. The molecule has 3 aromatic carbocycles. The molecule has 9 nitrogen and oxygen atoms in total. The topological polar surface area (TPSA) is 129 Å². The van der Waals surface area contributed by atoms with Gasteiger partial charge in [0.25, 0.3) is 5.91 Å². The van der Waals surface area contributed by atoms with Crippen LogP contribution in [0.25, 0.3) is 0 Å². The fraction of sp³-hybridized carbons (Fsp3) is 0.214. The van der Waals surface area contributed by atoms with Crippen LogP contribution in [-0.4, -0.2) is 50.2 Å². The minimum Gasteiger partial charge on any atom is -0.497 e. The highest BCUT2D eigenvalue weighted by Crippen LogP contribution is 2.18. The highest BCUT2D eigenvalue weighted by atomic mass is 16.6. The summed E-state index contributed by atoms with van der Waals surface area (Å²) in [6.07, 6.45) is 1.74. The van der Waals surface area contributed by atoms with Gasteiger partial charge in [0.1, 0.15) is 11.5 Å². The van der Waals surface area contributed by atoms with Crippen molar-refractivity contribution in [2.75, 3.05) is 20.3 Å². The summed E-state index contributed by atoms with van der Waals surface area (Å²) in [5.41, 5.74) is 2.37. The van der Waals surface area contributed by atoms with E-state index in [0.717, 1.165) is 11.1 Å². The van der Waals surface area contributed by atoms with E-state index in [-0.39, 0.29) is 25.4 Å². The molecule has 0 radical (unpaired) electrons. The molecule has 9 heteroatoms. The molecule has 0 heterocycles. The minimum atomic E-state index is -0.836. The largest absolute Gasteiger partial charge is 0.497 e. The second kappa shape index (κ2) is 13.4. The van der Waals surface area contributed by atoms with E-state index in [0.29, 0.717) is 22.6 Å². The van der Waals surface area contributed by atoms with Gasteiger partial charge in [-0.25, -0.2) is 4.79 Å². The van der Waals surface area contributed by atoms with E-state index in [4.69, 9.17) is 20.1 Å². The van der Waals surface area contributed by atoms with Gasteiger partial charge in [-0.1, -0.05) is 24.3 Å². The number of hydrazone groups is 1. The molecule has 3 aromatic rings. The van der Waals surface area contributed by atoms with Crippen LogP contribution < -0.4 is 20.6 Å². The van der Waals surface area contributed by atoms with Crippen molar-refractivity contribution in [3.63, 3.8) is 0 Å². The van der Waals surface area contributed by atoms with Gasteiger partial charge in [-0.3, -0.25) is 9.59 Å². The maximum atomic E-state index is 13.5. The average Bonchev–Trinajstić information content (AvgIpc) is 2.92. The first-order valence-corrected chi connectivity index (χ1v) is 11.6. The molecular formula is C28H29N3O6. The molecule has 0 aliphatic carbocycles. The van der Waals surface area contributed by atoms with Crippen LogP contribution in [0.1, 0.15) is 38.8 Å². The summed E-state index contributed by atoms with van der Waals surface area (Å²) in [6.45, 7) is 1.75. The van der Waals surface area contributed by atoms with Crippen molar-refractivity contribution >= 4 is 23.9 Å². The van der Waals surface area contributed by atoms with Crippen molar-refractivity contribution in [2.24, 2.45) is 10.9 Å². The van der Waals surface area contributed by atoms with Gasteiger partial charge < -0.3 is 25.4 Å². The molecule has 0 bridgehead atoms. The van der Waals surface area contributed by atoms with Gasteiger partial charge in [0.2, 0.25) is 0 Å². The third kappa shape index (κ3) is 7.93. The molecule has 3 rings (SSSR count). The zero-order chi connectivity index (χ0) is 26.6. The number of esters is 1. The van der Waals surface area contributed by atoms with Crippen LogP contribution in [0, 0.1) is 0 Å². The summed E-state index contributed by atoms with van der Waals surface area (Å²) >= 11 is 0. The number of Topliss-reactive ketones (excluding diaryl/α,β-unsaturated/α-hetero) is 1. The molecule has 0 aromatic heterocycles. The number of amides is 1. The Morgan fingerprint density at radius 3 is 2.14 bits per heavy atom. The van der Waals surface area contributed by atoms with Crippen LogP contribution in [-0.2, 0) is 16.0 Å². The molecule has 192 valence electrons. The van der Waals surface area contributed by atoms with Crippen molar-refractivity contribution < 1.29 is 28.6 Å². The van der Waals surface area contributed by atoms with E-state index in [1.165, 1.54) is 6.21 Å². The SMILES string of the molecule is CCOC(=O)COc1ccc(C(=O)[C@H](Cc2ccc(OC)cc2)NC(=O)c2ccc(C=NN)cc2)cc1. The Bertz CT molecular complexity index is 1220. The lowest BCUT2D eigenvalue weighted by Gasteiger charge is -2.19. The highest BCUT2D eigenvalue weighted by molar-refractivity contribution is 6.04. The summed E-state index contributed by atoms with van der Waals surface area (Å²) in [4.78, 5) is 38.0. The Labute approximate surface area is 215 Å². The molecule has 0 saturated heterocycles. The van der Waals surface area contributed by atoms with Gasteiger partial charge in [0.15, 0.2) is 12.4 Å². The maximum absolute atomic E-state index is 13.5. The zero-order valence-corrected chi connectivity index (χ0v) is 20.7. The highest BCUT2D eigenvalue weighted by Gasteiger charge is 2.23. The first kappa shape index (κ1) is 26.9. The Kier molecular flexibility index (Phi) is 9.78. The van der Waals surface area contributed by atoms with Crippen LogP contribution >= 0.6 is 0 Å². The van der Waals surface area contributed by atoms with Crippen LogP contribution in [0.2, 0.25) is 0 Å². The number of hydrogen-bond acceptors (Lipinski definition) is 8. The number of hydrogen-bond donors (Lipinski definition) is 2. The lowest BCUT2D eigenvalue weighted by Crippen LogP contribution is -2.42. The van der Waals surface area contributed by atoms with Gasteiger partial charge in [-0.15, -0.1) is 0 Å². The van der Waals surface area contributed by atoms with Crippen LogP contribution in [0.4, 0.5) is 0 Å². The first-order chi connectivity index (χ1) is 17.9. The van der Waals surface area contributed by atoms with E-state index in [2.05, 4.69) is 10.4 Å². The number of carbonyl (C=O) groups is 3. The number of nitrogens with two attached hydrogens (primary N) is 1. The summed E-state index contributed by atoms with van der Waals surface area (Å²) in [5.74, 6) is 5.14. The fourth-order valence-electron chi connectivity index (χ4n) is 3.52.